The van der Waals surface area contributed by atoms with Crippen LogP contribution in [0.3, 0.4) is 0 Å². The number of esters is 2. The molecule has 5 aromatic rings. The number of aryl methyl sites for hydroxylation is 2. The molecule has 0 unspecified atom stereocenters. The van der Waals surface area contributed by atoms with Gasteiger partial charge in [-0.05, 0) is 49.2 Å². The first-order valence-corrected chi connectivity index (χ1v) is 13.0. The van der Waals surface area contributed by atoms with Gasteiger partial charge in [-0.3, -0.25) is 20.2 Å². The molecule has 214 valence electrons. The number of carbonyl (C=O) groups excluding carboxylic acids is 2. The van der Waals surface area contributed by atoms with Crippen LogP contribution >= 0.6 is 0 Å². The zero-order valence-corrected chi connectivity index (χ0v) is 22.1. The molecule has 0 saturated carbocycles. The molecule has 0 aliphatic heterocycles. The molecule has 0 atom stereocenters. The van der Waals surface area contributed by atoms with Gasteiger partial charge in [-0.2, -0.15) is 0 Å². The highest BCUT2D eigenvalue weighted by Gasteiger charge is 2.13. The molecule has 3 aromatic carbocycles. The molecule has 2 aromatic heterocycles. The zero-order valence-electron chi connectivity index (χ0n) is 22.1. The van der Waals surface area contributed by atoms with E-state index in [1.165, 1.54) is 48.5 Å². The maximum atomic E-state index is 12.4. The summed E-state index contributed by atoms with van der Waals surface area (Å²) in [5, 5.41) is 21.8. The highest BCUT2D eigenvalue weighted by molar-refractivity contribution is 5.93. The number of hydrogen-bond donors (Lipinski definition) is 2. The Bertz CT molecular complexity index is 1660. The quantitative estimate of drug-likeness (QED) is 0.0903. The number of ether oxygens (including phenoxy) is 2. The summed E-state index contributed by atoms with van der Waals surface area (Å²) in [4.78, 5) is 60.5. The molecule has 0 aliphatic carbocycles. The van der Waals surface area contributed by atoms with Crippen LogP contribution in [0.1, 0.15) is 45.2 Å². The van der Waals surface area contributed by atoms with E-state index in [1.54, 1.807) is 12.1 Å². The van der Waals surface area contributed by atoms with Crippen LogP contribution in [-0.4, -0.2) is 54.9 Å². The lowest BCUT2D eigenvalue weighted by Gasteiger charge is -2.06. The molecule has 0 spiro atoms. The summed E-state index contributed by atoms with van der Waals surface area (Å²) in [6.07, 6.45) is 1.96. The summed E-state index contributed by atoms with van der Waals surface area (Å²) in [7, 11) is 0. The van der Waals surface area contributed by atoms with Crippen molar-refractivity contribution in [1.29, 1.82) is 0 Å². The Morgan fingerprint density at radius 2 is 1.07 bits per heavy atom. The molecule has 14 heteroatoms. The molecule has 42 heavy (non-hydrogen) atoms. The second-order valence-electron chi connectivity index (χ2n) is 9.34. The van der Waals surface area contributed by atoms with Crippen molar-refractivity contribution in [2.24, 2.45) is 0 Å². The topological polar surface area (TPSA) is 196 Å². The van der Waals surface area contributed by atoms with E-state index in [0.29, 0.717) is 59.4 Å². The van der Waals surface area contributed by atoms with Crippen molar-refractivity contribution in [1.82, 2.24) is 19.9 Å². The van der Waals surface area contributed by atoms with E-state index in [1.807, 2.05) is 0 Å². The van der Waals surface area contributed by atoms with Crippen LogP contribution in [0.2, 0.25) is 0 Å². The average molecular weight is 573 g/mol. The Balaban J connectivity index is 1.03. The Labute approximate surface area is 237 Å². The van der Waals surface area contributed by atoms with E-state index in [-0.39, 0.29) is 35.7 Å². The first-order valence-electron chi connectivity index (χ1n) is 13.0. The number of benzene rings is 3. The van der Waals surface area contributed by atoms with Crippen LogP contribution in [-0.2, 0) is 22.3 Å². The molecule has 14 nitrogen and oxygen atoms in total. The van der Waals surface area contributed by atoms with Gasteiger partial charge in [0, 0.05) is 37.1 Å². The summed E-state index contributed by atoms with van der Waals surface area (Å²) in [5.41, 5.74) is 2.89. The van der Waals surface area contributed by atoms with Crippen LogP contribution in [0.4, 0.5) is 11.4 Å². The molecular formula is C28H24N6O8. The number of non-ortho nitro benzene ring substituents is 2. The van der Waals surface area contributed by atoms with Crippen molar-refractivity contribution < 1.29 is 28.9 Å². The van der Waals surface area contributed by atoms with Gasteiger partial charge in [-0.1, -0.05) is 0 Å². The molecule has 5 rings (SSSR count). The first kappa shape index (κ1) is 27.9. The molecule has 0 amide bonds. The van der Waals surface area contributed by atoms with E-state index < -0.39 is 21.8 Å². The molecule has 0 aliphatic rings. The normalized spacial score (nSPS) is 11.0. The summed E-state index contributed by atoms with van der Waals surface area (Å²) in [5.74, 6) is 0.194. The van der Waals surface area contributed by atoms with Crippen molar-refractivity contribution in [2.45, 2.75) is 25.7 Å². The number of aromatic nitrogens is 4. The third-order valence-electron chi connectivity index (χ3n) is 6.39. The van der Waals surface area contributed by atoms with Crippen LogP contribution in [0.15, 0.2) is 60.7 Å². The van der Waals surface area contributed by atoms with Crippen LogP contribution in [0.25, 0.3) is 22.1 Å². The lowest BCUT2D eigenvalue weighted by atomic mass is 10.1. The molecule has 0 radical (unpaired) electrons. The number of imidazole rings is 2. The lowest BCUT2D eigenvalue weighted by Crippen LogP contribution is -2.10. The smallest absolute Gasteiger partial charge is 0.338 e. The van der Waals surface area contributed by atoms with Crippen LogP contribution in [0, 0.1) is 20.2 Å². The summed E-state index contributed by atoms with van der Waals surface area (Å²) in [6.45, 7) is 0.282. The van der Waals surface area contributed by atoms with E-state index in [0.717, 1.165) is 0 Å². The fraction of sp³-hybridized carbons (Fsp3) is 0.214. The maximum Gasteiger partial charge on any atom is 0.338 e. The van der Waals surface area contributed by atoms with Gasteiger partial charge in [0.25, 0.3) is 11.4 Å². The fourth-order valence-electron chi connectivity index (χ4n) is 4.28. The number of nitrogens with one attached hydrogen (secondary N) is 2. The van der Waals surface area contributed by atoms with Crippen molar-refractivity contribution in [3.63, 3.8) is 0 Å². The minimum atomic E-state index is -0.536. The molecular weight excluding hydrogens is 548 g/mol. The predicted molar refractivity (Wildman–Crippen MR) is 149 cm³/mol. The number of nitro benzene ring substituents is 2. The van der Waals surface area contributed by atoms with Gasteiger partial charge >= 0.3 is 11.9 Å². The summed E-state index contributed by atoms with van der Waals surface area (Å²) in [6, 6.07) is 14.7. The highest BCUT2D eigenvalue weighted by Crippen LogP contribution is 2.20. The molecule has 2 N–H and O–H groups in total. The predicted octanol–water partition coefficient (Wildman–Crippen LogP) is 4.83. The first-order chi connectivity index (χ1) is 20.3. The average Bonchev–Trinajstić information content (AvgIpc) is 3.59. The van der Waals surface area contributed by atoms with Gasteiger partial charge in [-0.25, -0.2) is 19.6 Å². The third kappa shape index (κ3) is 6.55. The maximum absolute atomic E-state index is 12.4. The molecule has 0 fully saturated rings. The Morgan fingerprint density at radius 3 is 1.45 bits per heavy atom. The fourth-order valence-corrected chi connectivity index (χ4v) is 4.28. The second kappa shape index (κ2) is 12.2. The van der Waals surface area contributed by atoms with Gasteiger partial charge in [0.05, 0.1) is 56.3 Å². The number of hydrogen-bond acceptors (Lipinski definition) is 10. The van der Waals surface area contributed by atoms with E-state index in [2.05, 4.69) is 19.9 Å². The molecule has 0 saturated heterocycles. The minimum absolute atomic E-state index is 0.0251. The van der Waals surface area contributed by atoms with Crippen molar-refractivity contribution in [3.05, 3.63) is 104 Å². The standard InChI is InChI=1S/C28H24N6O8/c35-27(41-13-1-3-25-29-21-11-9-19(33(37)38)15-23(21)31-25)17-5-7-18(8-6-17)28(36)42-14-2-4-26-30-22-12-10-20(34(39)40)16-24(22)32-26/h5-12,15-16H,1-4,13-14H2,(H,29,31)(H,30,32). The number of nitro groups is 2. The monoisotopic (exact) mass is 572 g/mol. The van der Waals surface area contributed by atoms with Gasteiger partial charge in [-0.15, -0.1) is 0 Å². The number of fused-ring (bicyclic) bond motifs is 2. The van der Waals surface area contributed by atoms with Gasteiger partial charge in [0.2, 0.25) is 0 Å². The Kier molecular flexibility index (Phi) is 8.13. The van der Waals surface area contributed by atoms with Crippen molar-refractivity contribution >= 4 is 45.4 Å². The second-order valence-corrected chi connectivity index (χ2v) is 9.34. The van der Waals surface area contributed by atoms with Gasteiger partial charge in [0.1, 0.15) is 11.6 Å². The van der Waals surface area contributed by atoms with Gasteiger partial charge in [0.15, 0.2) is 0 Å². The zero-order chi connectivity index (χ0) is 29.6. The lowest BCUT2D eigenvalue weighted by molar-refractivity contribution is -0.384. The summed E-state index contributed by atoms with van der Waals surface area (Å²) < 4.78 is 10.6. The SMILES string of the molecule is O=C(OCCCc1nc2ccc([N+](=O)[O-])cc2[nH]1)c1ccc(C(=O)OCCCc2nc3ccc([N+](=O)[O-])cc3[nH]2)cc1. The van der Waals surface area contributed by atoms with E-state index >= 15 is 0 Å². The number of H-pyrrole nitrogens is 2. The Hall–Kier alpha value is -5.66. The van der Waals surface area contributed by atoms with Crippen molar-refractivity contribution in [2.75, 3.05) is 13.2 Å². The number of aromatic amines is 2. The number of nitrogens with zero attached hydrogens (tertiary/aromatic N) is 4. The Morgan fingerprint density at radius 1 is 0.667 bits per heavy atom. The van der Waals surface area contributed by atoms with Crippen LogP contribution < -0.4 is 0 Å². The van der Waals surface area contributed by atoms with E-state index in [4.69, 9.17) is 9.47 Å². The summed E-state index contributed by atoms with van der Waals surface area (Å²) >= 11 is 0. The molecule has 0 bridgehead atoms. The number of carbonyl (C=O) groups is 2. The highest BCUT2D eigenvalue weighted by atomic mass is 16.6. The van der Waals surface area contributed by atoms with Crippen molar-refractivity contribution in [3.8, 4) is 0 Å². The van der Waals surface area contributed by atoms with Crippen LogP contribution in [0.5, 0.6) is 0 Å². The third-order valence-corrected chi connectivity index (χ3v) is 6.39. The largest absolute Gasteiger partial charge is 0.462 e. The van der Waals surface area contributed by atoms with Gasteiger partial charge < -0.3 is 19.4 Å². The number of rotatable bonds is 12. The van der Waals surface area contributed by atoms with E-state index in [9.17, 15) is 29.8 Å². The molecule has 2 heterocycles. The minimum Gasteiger partial charge on any atom is -0.462 e.